The van der Waals surface area contributed by atoms with Gasteiger partial charge in [-0.1, -0.05) is 24.3 Å². The lowest BCUT2D eigenvalue weighted by Gasteiger charge is -1.96. The molecule has 2 aromatic carbocycles. The third kappa shape index (κ3) is 3.59. The van der Waals surface area contributed by atoms with Gasteiger partial charge in [0, 0.05) is 5.56 Å². The molecule has 0 unspecified atom stereocenters. The average Bonchev–Trinajstić information content (AvgIpc) is 2.46. The van der Waals surface area contributed by atoms with E-state index in [0.29, 0.717) is 11.1 Å². The molecule has 0 aliphatic carbocycles. The molecular weight excluding hydrogens is 253 g/mol. The van der Waals surface area contributed by atoms with Crippen LogP contribution in [0.1, 0.15) is 22.3 Å². The molecule has 3 nitrogen and oxygen atoms in total. The summed E-state index contributed by atoms with van der Waals surface area (Å²) in [6.45, 7) is 1.83. The van der Waals surface area contributed by atoms with E-state index in [1.54, 1.807) is 36.5 Å². The predicted molar refractivity (Wildman–Crippen MR) is 77.5 cm³/mol. The number of hydrogen-bond donors (Lipinski definition) is 0. The molecular formula is C16H12FN3. The van der Waals surface area contributed by atoms with Gasteiger partial charge in [0.15, 0.2) is 0 Å². The average molecular weight is 265 g/mol. The summed E-state index contributed by atoms with van der Waals surface area (Å²) in [7, 11) is 0. The van der Waals surface area contributed by atoms with Crippen LogP contribution in [0.3, 0.4) is 0 Å². The van der Waals surface area contributed by atoms with E-state index in [-0.39, 0.29) is 5.82 Å². The number of aryl methyl sites for hydroxylation is 1. The largest absolute Gasteiger partial charge is 0.206 e. The first-order chi connectivity index (χ1) is 9.69. The Labute approximate surface area is 116 Å². The first-order valence-electron chi connectivity index (χ1n) is 6.02. The fraction of sp³-hybridized carbons (Fsp3) is 0.0625. The van der Waals surface area contributed by atoms with Crippen molar-refractivity contribution in [2.45, 2.75) is 6.92 Å². The van der Waals surface area contributed by atoms with Crippen molar-refractivity contribution < 1.29 is 4.39 Å². The van der Waals surface area contributed by atoms with E-state index in [2.05, 4.69) is 10.2 Å². The van der Waals surface area contributed by atoms with E-state index in [4.69, 9.17) is 5.26 Å². The molecule has 4 heteroatoms. The van der Waals surface area contributed by atoms with Gasteiger partial charge in [0.2, 0.25) is 0 Å². The number of nitriles is 1. The van der Waals surface area contributed by atoms with Crippen molar-refractivity contribution in [3.8, 4) is 6.07 Å². The minimum Gasteiger partial charge on any atom is -0.206 e. The second kappa shape index (κ2) is 6.39. The minimum atomic E-state index is -0.317. The molecule has 20 heavy (non-hydrogen) atoms. The molecule has 2 aromatic rings. The van der Waals surface area contributed by atoms with E-state index in [0.717, 1.165) is 11.1 Å². The normalized spacial score (nSPS) is 11.1. The molecule has 0 atom stereocenters. The second-order valence-corrected chi connectivity index (χ2v) is 4.25. The Balaban J connectivity index is 2.05. The topological polar surface area (TPSA) is 48.5 Å². The molecule has 0 fully saturated rings. The van der Waals surface area contributed by atoms with Crippen LogP contribution >= 0.6 is 0 Å². The summed E-state index contributed by atoms with van der Waals surface area (Å²) in [5, 5.41) is 16.3. The van der Waals surface area contributed by atoms with E-state index >= 15 is 0 Å². The van der Waals surface area contributed by atoms with Crippen LogP contribution < -0.4 is 0 Å². The number of halogens is 1. The number of nitrogens with zero attached hydrogens (tertiary/aromatic N) is 3. The van der Waals surface area contributed by atoms with Crippen molar-refractivity contribution >= 4 is 12.4 Å². The van der Waals surface area contributed by atoms with Crippen LogP contribution in [0.15, 0.2) is 52.7 Å². The van der Waals surface area contributed by atoms with Crippen molar-refractivity contribution in [2.24, 2.45) is 10.2 Å². The van der Waals surface area contributed by atoms with Crippen LogP contribution in [0.4, 0.5) is 4.39 Å². The summed E-state index contributed by atoms with van der Waals surface area (Å²) in [5.74, 6) is -0.317. The number of hydrogen-bond acceptors (Lipinski definition) is 3. The Morgan fingerprint density at radius 3 is 2.40 bits per heavy atom. The molecule has 0 spiro atoms. The minimum absolute atomic E-state index is 0.317. The zero-order valence-electron chi connectivity index (χ0n) is 10.9. The molecule has 0 aliphatic heterocycles. The van der Waals surface area contributed by atoms with Crippen molar-refractivity contribution in [3.05, 3.63) is 70.5 Å². The molecule has 0 radical (unpaired) electrons. The highest BCUT2D eigenvalue weighted by atomic mass is 19.1. The van der Waals surface area contributed by atoms with Crippen molar-refractivity contribution in [1.82, 2.24) is 0 Å². The standard InChI is InChI=1S/C16H12FN3/c1-12-2-7-15(16(17)8-12)11-20-19-10-14-5-3-13(9-18)4-6-14/h2-8,10-11H,1H3/b19-10-,20-11-. The summed E-state index contributed by atoms with van der Waals surface area (Å²) in [6, 6.07) is 13.9. The van der Waals surface area contributed by atoms with Crippen LogP contribution in [0.5, 0.6) is 0 Å². The molecule has 98 valence electrons. The Hall–Kier alpha value is -2.80. The molecule has 0 aromatic heterocycles. The van der Waals surface area contributed by atoms with E-state index in [1.165, 1.54) is 12.3 Å². The van der Waals surface area contributed by atoms with Gasteiger partial charge in [-0.05, 0) is 36.2 Å². The highest BCUT2D eigenvalue weighted by molar-refractivity contribution is 5.83. The Bertz CT molecular complexity index is 695. The second-order valence-electron chi connectivity index (χ2n) is 4.25. The van der Waals surface area contributed by atoms with Gasteiger partial charge in [0.25, 0.3) is 0 Å². The van der Waals surface area contributed by atoms with Crippen LogP contribution in [-0.4, -0.2) is 12.4 Å². The van der Waals surface area contributed by atoms with Gasteiger partial charge in [0.1, 0.15) is 5.82 Å². The van der Waals surface area contributed by atoms with Gasteiger partial charge in [0.05, 0.1) is 24.1 Å². The third-order valence-electron chi connectivity index (χ3n) is 2.67. The van der Waals surface area contributed by atoms with Gasteiger partial charge >= 0.3 is 0 Å². The molecule has 0 N–H and O–H groups in total. The van der Waals surface area contributed by atoms with Gasteiger partial charge in [-0.25, -0.2) is 4.39 Å². The lowest BCUT2D eigenvalue weighted by molar-refractivity contribution is 0.624. The maximum atomic E-state index is 13.5. The van der Waals surface area contributed by atoms with Gasteiger partial charge in [-0.15, -0.1) is 0 Å². The van der Waals surface area contributed by atoms with Gasteiger partial charge < -0.3 is 0 Å². The molecule has 0 saturated heterocycles. The number of benzene rings is 2. The van der Waals surface area contributed by atoms with Crippen molar-refractivity contribution in [3.63, 3.8) is 0 Å². The number of rotatable bonds is 3. The van der Waals surface area contributed by atoms with Gasteiger partial charge in [-0.2, -0.15) is 15.5 Å². The van der Waals surface area contributed by atoms with Crippen LogP contribution in [0.2, 0.25) is 0 Å². The van der Waals surface area contributed by atoms with Crippen LogP contribution in [0.25, 0.3) is 0 Å². The summed E-state index contributed by atoms with van der Waals surface area (Å²) in [4.78, 5) is 0. The van der Waals surface area contributed by atoms with Crippen molar-refractivity contribution in [2.75, 3.05) is 0 Å². The zero-order valence-corrected chi connectivity index (χ0v) is 10.9. The monoisotopic (exact) mass is 265 g/mol. The Kier molecular flexibility index (Phi) is 4.35. The molecule has 0 heterocycles. The lowest BCUT2D eigenvalue weighted by Crippen LogP contribution is -1.88. The third-order valence-corrected chi connectivity index (χ3v) is 2.67. The SMILES string of the molecule is Cc1ccc(/C=N\N=C/c2ccc(C#N)cc2)c(F)c1. The summed E-state index contributed by atoms with van der Waals surface area (Å²) >= 11 is 0. The summed E-state index contributed by atoms with van der Waals surface area (Å²) < 4.78 is 13.5. The molecule has 0 aliphatic rings. The lowest BCUT2D eigenvalue weighted by atomic mass is 10.1. The molecule has 0 amide bonds. The predicted octanol–water partition coefficient (Wildman–Crippen LogP) is 3.46. The fourth-order valence-electron chi connectivity index (χ4n) is 1.58. The first-order valence-corrected chi connectivity index (χ1v) is 6.02. The smallest absolute Gasteiger partial charge is 0.132 e. The van der Waals surface area contributed by atoms with Gasteiger partial charge in [-0.3, -0.25) is 0 Å². The molecule has 0 bridgehead atoms. The molecule has 2 rings (SSSR count). The highest BCUT2D eigenvalue weighted by Gasteiger charge is 1.98. The van der Waals surface area contributed by atoms with Crippen molar-refractivity contribution in [1.29, 1.82) is 5.26 Å². The van der Waals surface area contributed by atoms with E-state index in [9.17, 15) is 4.39 Å². The van der Waals surface area contributed by atoms with Crippen LogP contribution in [0, 0.1) is 24.1 Å². The first kappa shape index (κ1) is 13.6. The Morgan fingerprint density at radius 2 is 1.75 bits per heavy atom. The maximum absolute atomic E-state index is 13.5. The van der Waals surface area contributed by atoms with E-state index < -0.39 is 0 Å². The fourth-order valence-corrected chi connectivity index (χ4v) is 1.58. The summed E-state index contributed by atoms with van der Waals surface area (Å²) in [6.07, 6.45) is 2.92. The quantitative estimate of drug-likeness (QED) is 0.619. The Morgan fingerprint density at radius 1 is 1.05 bits per heavy atom. The molecule has 0 saturated carbocycles. The zero-order chi connectivity index (χ0) is 14.4. The highest BCUT2D eigenvalue weighted by Crippen LogP contribution is 2.07. The van der Waals surface area contributed by atoms with Crippen LogP contribution in [-0.2, 0) is 0 Å². The maximum Gasteiger partial charge on any atom is 0.132 e. The van der Waals surface area contributed by atoms with E-state index in [1.807, 2.05) is 19.1 Å². The summed E-state index contributed by atoms with van der Waals surface area (Å²) in [5.41, 5.74) is 2.67.